The summed E-state index contributed by atoms with van der Waals surface area (Å²) in [5.74, 6) is 0.606. The molecule has 0 radical (unpaired) electrons. The van der Waals surface area contributed by atoms with Crippen LogP contribution in [-0.4, -0.2) is 31.1 Å². The van der Waals surface area contributed by atoms with Gasteiger partial charge in [0.25, 0.3) is 0 Å². The van der Waals surface area contributed by atoms with Crippen LogP contribution in [0.5, 0.6) is 0 Å². The first kappa shape index (κ1) is 21.5. The van der Waals surface area contributed by atoms with Crippen LogP contribution in [0, 0.1) is 0 Å². The number of allylic oxidation sites excluding steroid dienone is 1. The molecule has 0 unspecified atom stereocenters. The first-order valence-electron chi connectivity index (χ1n) is 7.88. The molecule has 1 saturated heterocycles. The van der Waals surface area contributed by atoms with Crippen molar-refractivity contribution in [3.63, 3.8) is 0 Å². The van der Waals surface area contributed by atoms with Crippen molar-refractivity contribution < 1.29 is 0 Å². The zero-order valence-corrected chi connectivity index (χ0v) is 15.4. The van der Waals surface area contributed by atoms with Crippen LogP contribution in [-0.2, 0) is 0 Å². The van der Waals surface area contributed by atoms with E-state index in [0.717, 1.165) is 32.6 Å². The molecule has 1 aromatic rings. The second-order valence-corrected chi connectivity index (χ2v) is 5.99. The van der Waals surface area contributed by atoms with E-state index in [1.165, 1.54) is 17.5 Å². The summed E-state index contributed by atoms with van der Waals surface area (Å²) in [5.41, 5.74) is 2.88. The van der Waals surface area contributed by atoms with Crippen molar-refractivity contribution in [2.75, 3.05) is 26.2 Å². The van der Waals surface area contributed by atoms with Gasteiger partial charge < -0.3 is 5.32 Å². The fourth-order valence-electron chi connectivity index (χ4n) is 2.93. The number of nitrogens with one attached hydrogen (secondary N) is 1. The van der Waals surface area contributed by atoms with Gasteiger partial charge in [-0.1, -0.05) is 44.2 Å². The largest absolute Gasteiger partial charge is 0.314 e. The molecular formula is C18H30Cl2N2. The predicted molar refractivity (Wildman–Crippen MR) is 102 cm³/mol. The van der Waals surface area contributed by atoms with Gasteiger partial charge in [0, 0.05) is 32.2 Å². The van der Waals surface area contributed by atoms with Crippen LogP contribution < -0.4 is 5.32 Å². The highest BCUT2D eigenvalue weighted by Gasteiger charge is 2.21. The van der Waals surface area contributed by atoms with Crippen LogP contribution in [0.2, 0.25) is 0 Å². The third-order valence-electron chi connectivity index (χ3n) is 4.22. The lowest BCUT2D eigenvalue weighted by molar-refractivity contribution is 0.166. The molecule has 2 nitrogen and oxygen atoms in total. The highest BCUT2D eigenvalue weighted by atomic mass is 35.5. The first-order chi connectivity index (χ1) is 9.72. The smallest absolute Gasteiger partial charge is 0.0352 e. The maximum absolute atomic E-state index is 3.88. The fourth-order valence-corrected chi connectivity index (χ4v) is 2.93. The van der Waals surface area contributed by atoms with Gasteiger partial charge in [0.1, 0.15) is 0 Å². The van der Waals surface area contributed by atoms with E-state index in [-0.39, 0.29) is 24.8 Å². The maximum atomic E-state index is 3.88. The Balaban J connectivity index is 0.00000220. The quantitative estimate of drug-likeness (QED) is 0.760. The second-order valence-electron chi connectivity index (χ2n) is 5.99. The van der Waals surface area contributed by atoms with Crippen LogP contribution in [0.15, 0.2) is 36.9 Å². The monoisotopic (exact) mass is 344 g/mol. The lowest BCUT2D eigenvalue weighted by atomic mass is 9.95. The molecule has 1 aliphatic rings. The van der Waals surface area contributed by atoms with Gasteiger partial charge in [-0.05, 0) is 29.9 Å². The van der Waals surface area contributed by atoms with Crippen LogP contribution in [0.4, 0.5) is 0 Å². The minimum absolute atomic E-state index is 0. The van der Waals surface area contributed by atoms with E-state index in [1.807, 2.05) is 6.08 Å². The number of halogens is 2. The lowest BCUT2D eigenvalue weighted by Gasteiger charge is -2.35. The highest BCUT2D eigenvalue weighted by Crippen LogP contribution is 2.27. The summed E-state index contributed by atoms with van der Waals surface area (Å²) in [6.45, 7) is 12.9. The lowest BCUT2D eigenvalue weighted by Crippen LogP contribution is -2.45. The Bertz CT molecular complexity index is 412. The molecular weight excluding hydrogens is 315 g/mol. The Morgan fingerprint density at radius 1 is 1.09 bits per heavy atom. The van der Waals surface area contributed by atoms with Gasteiger partial charge in [-0.25, -0.2) is 0 Å². The summed E-state index contributed by atoms with van der Waals surface area (Å²) in [6, 6.07) is 9.78. The van der Waals surface area contributed by atoms with Crippen molar-refractivity contribution in [3.05, 3.63) is 48.0 Å². The Hall–Kier alpha value is -0.540. The zero-order valence-electron chi connectivity index (χ0n) is 13.8. The van der Waals surface area contributed by atoms with Crippen LogP contribution in [0.1, 0.15) is 49.8 Å². The van der Waals surface area contributed by atoms with Crippen molar-refractivity contribution in [1.82, 2.24) is 10.2 Å². The maximum Gasteiger partial charge on any atom is 0.0352 e. The van der Waals surface area contributed by atoms with E-state index >= 15 is 0 Å². The number of rotatable bonds is 6. The Kier molecular flexibility index (Phi) is 10.8. The molecule has 1 atom stereocenters. The predicted octanol–water partition coefficient (Wildman–Crippen LogP) is 4.57. The fraction of sp³-hybridized carbons (Fsp3) is 0.556. The van der Waals surface area contributed by atoms with Crippen molar-refractivity contribution in [2.45, 2.75) is 38.6 Å². The van der Waals surface area contributed by atoms with Gasteiger partial charge >= 0.3 is 0 Å². The summed E-state index contributed by atoms with van der Waals surface area (Å²) in [7, 11) is 0. The standard InChI is InChI=1S/C18H28N2.2ClH/c1-4-5-6-18(20-13-11-19-12-14-20)17-9-7-16(8-10-17)15(2)3;;/h4,7-10,15,18-19H,1,5-6,11-14H2,2-3H3;2*1H/t18-;;/m0../s1. The Morgan fingerprint density at radius 3 is 2.14 bits per heavy atom. The molecule has 22 heavy (non-hydrogen) atoms. The molecule has 1 heterocycles. The summed E-state index contributed by atoms with van der Waals surface area (Å²) in [4.78, 5) is 2.62. The van der Waals surface area contributed by atoms with Gasteiger partial charge in [-0.3, -0.25) is 4.90 Å². The molecule has 4 heteroatoms. The number of hydrogen-bond acceptors (Lipinski definition) is 2. The van der Waals surface area contributed by atoms with E-state index in [4.69, 9.17) is 0 Å². The SMILES string of the molecule is C=CCC[C@@H](c1ccc(C(C)C)cc1)N1CCNCC1.Cl.Cl. The number of hydrogen-bond donors (Lipinski definition) is 1. The second kappa shape index (κ2) is 11.1. The van der Waals surface area contributed by atoms with Gasteiger partial charge in [-0.15, -0.1) is 31.4 Å². The molecule has 0 amide bonds. The third kappa shape index (κ3) is 5.92. The molecule has 0 bridgehead atoms. The minimum atomic E-state index is 0. The van der Waals surface area contributed by atoms with Gasteiger partial charge in [0.2, 0.25) is 0 Å². The molecule has 0 saturated carbocycles. The van der Waals surface area contributed by atoms with Gasteiger partial charge in [-0.2, -0.15) is 0 Å². The van der Waals surface area contributed by atoms with Crippen molar-refractivity contribution >= 4 is 24.8 Å². The first-order valence-corrected chi connectivity index (χ1v) is 7.88. The van der Waals surface area contributed by atoms with E-state index in [1.54, 1.807) is 0 Å². The molecule has 2 rings (SSSR count). The number of benzene rings is 1. The van der Waals surface area contributed by atoms with Crippen molar-refractivity contribution in [3.8, 4) is 0 Å². The third-order valence-corrected chi connectivity index (χ3v) is 4.22. The van der Waals surface area contributed by atoms with Gasteiger partial charge in [0.15, 0.2) is 0 Å². The normalized spacial score (nSPS) is 16.5. The average Bonchev–Trinajstić information content (AvgIpc) is 2.49. The number of nitrogens with zero attached hydrogens (tertiary/aromatic N) is 1. The zero-order chi connectivity index (χ0) is 14.4. The van der Waals surface area contributed by atoms with Gasteiger partial charge in [0.05, 0.1) is 0 Å². The topological polar surface area (TPSA) is 15.3 Å². The summed E-state index contributed by atoms with van der Waals surface area (Å²) in [6.07, 6.45) is 4.29. The number of piperazine rings is 1. The molecule has 0 spiro atoms. The van der Waals surface area contributed by atoms with E-state index in [9.17, 15) is 0 Å². The van der Waals surface area contributed by atoms with E-state index in [0.29, 0.717) is 12.0 Å². The van der Waals surface area contributed by atoms with E-state index < -0.39 is 0 Å². The summed E-state index contributed by atoms with van der Waals surface area (Å²) < 4.78 is 0. The summed E-state index contributed by atoms with van der Waals surface area (Å²) in [5, 5.41) is 3.44. The molecule has 1 fully saturated rings. The van der Waals surface area contributed by atoms with Crippen molar-refractivity contribution in [1.29, 1.82) is 0 Å². The molecule has 1 aliphatic heterocycles. The average molecular weight is 345 g/mol. The summed E-state index contributed by atoms with van der Waals surface area (Å²) >= 11 is 0. The van der Waals surface area contributed by atoms with Crippen LogP contribution in [0.25, 0.3) is 0 Å². The molecule has 1 N–H and O–H groups in total. The van der Waals surface area contributed by atoms with Crippen LogP contribution >= 0.6 is 24.8 Å². The van der Waals surface area contributed by atoms with E-state index in [2.05, 4.69) is 54.9 Å². The van der Waals surface area contributed by atoms with Crippen molar-refractivity contribution in [2.24, 2.45) is 0 Å². The molecule has 0 aromatic heterocycles. The molecule has 0 aliphatic carbocycles. The van der Waals surface area contributed by atoms with Crippen LogP contribution in [0.3, 0.4) is 0 Å². The Labute approximate surface area is 148 Å². The minimum Gasteiger partial charge on any atom is -0.314 e. The molecule has 126 valence electrons. The Morgan fingerprint density at radius 2 is 1.64 bits per heavy atom. The molecule has 1 aromatic carbocycles. The highest BCUT2D eigenvalue weighted by molar-refractivity contribution is 5.85.